The topological polar surface area (TPSA) is 95.9 Å². The van der Waals surface area contributed by atoms with E-state index < -0.39 is 12.1 Å². The van der Waals surface area contributed by atoms with Crippen molar-refractivity contribution in [2.75, 3.05) is 13.2 Å². The molecule has 91 heavy (non-hydrogen) atoms. The molecule has 0 spiro atoms. The molecule has 0 aromatic rings. The lowest BCUT2D eigenvalue weighted by atomic mass is 10.0. The number of aliphatic hydroxyl groups is 2. The van der Waals surface area contributed by atoms with Crippen LogP contribution in [0.15, 0.2) is 36.5 Å². The van der Waals surface area contributed by atoms with Crippen molar-refractivity contribution in [3.8, 4) is 0 Å². The van der Waals surface area contributed by atoms with Crippen molar-refractivity contribution in [1.82, 2.24) is 5.32 Å². The van der Waals surface area contributed by atoms with Gasteiger partial charge in [0.15, 0.2) is 0 Å². The highest BCUT2D eigenvalue weighted by molar-refractivity contribution is 5.76. The first-order chi connectivity index (χ1) is 45.0. The summed E-state index contributed by atoms with van der Waals surface area (Å²) in [6, 6.07) is -0.627. The van der Waals surface area contributed by atoms with Gasteiger partial charge in [0.1, 0.15) is 0 Å². The first-order valence-electron chi connectivity index (χ1n) is 41.8. The number of rotatable bonds is 79. The lowest BCUT2D eigenvalue weighted by Crippen LogP contribution is -2.45. The van der Waals surface area contributed by atoms with Crippen LogP contribution >= 0.6 is 0 Å². The van der Waals surface area contributed by atoms with E-state index in [1.807, 2.05) is 6.08 Å². The lowest BCUT2D eigenvalue weighted by Gasteiger charge is -2.20. The number of carbonyl (C=O) groups excluding carboxylic acids is 2. The summed E-state index contributed by atoms with van der Waals surface area (Å²) in [6.07, 6.45) is 106. The van der Waals surface area contributed by atoms with E-state index in [-0.39, 0.29) is 18.5 Å². The Morgan fingerprint density at radius 3 is 0.835 bits per heavy atom. The van der Waals surface area contributed by atoms with Crippen LogP contribution in [0.2, 0.25) is 0 Å². The van der Waals surface area contributed by atoms with E-state index in [0.29, 0.717) is 19.4 Å². The fraction of sp³-hybridized carbons (Fsp3) is 0.906. The Hall–Kier alpha value is -1.92. The van der Waals surface area contributed by atoms with Gasteiger partial charge in [-0.3, -0.25) is 9.59 Å². The SMILES string of the molecule is CCCCCCCCCCCCCCCCCCCCCCC/C=C/C(O)C(CO)NC(=O)CCCCCCCCCCCCCCCCCCC/C=C\C/C=C\CCCCCCCCCCCCCCCCCOC(=O)CCCCCCCCCCCCCC. The van der Waals surface area contributed by atoms with Crippen molar-refractivity contribution >= 4 is 11.9 Å². The van der Waals surface area contributed by atoms with Crippen molar-refractivity contribution in [3.63, 3.8) is 0 Å². The van der Waals surface area contributed by atoms with Crippen LogP contribution in [0.3, 0.4) is 0 Å². The molecule has 2 atom stereocenters. The third-order valence-electron chi connectivity index (χ3n) is 19.7. The molecule has 6 heteroatoms. The first kappa shape index (κ1) is 89.1. The molecule has 0 aromatic heterocycles. The number of unbranched alkanes of at least 4 members (excludes halogenated alkanes) is 64. The zero-order chi connectivity index (χ0) is 65.6. The van der Waals surface area contributed by atoms with E-state index in [1.54, 1.807) is 6.08 Å². The second-order valence-electron chi connectivity index (χ2n) is 28.8. The zero-order valence-corrected chi connectivity index (χ0v) is 61.9. The Kier molecular flexibility index (Phi) is 78.8. The van der Waals surface area contributed by atoms with Gasteiger partial charge < -0.3 is 20.3 Å². The van der Waals surface area contributed by atoms with Crippen molar-refractivity contribution in [2.24, 2.45) is 0 Å². The van der Waals surface area contributed by atoms with Crippen LogP contribution < -0.4 is 5.32 Å². The molecule has 6 nitrogen and oxygen atoms in total. The van der Waals surface area contributed by atoms with Crippen LogP contribution in [-0.4, -0.2) is 47.4 Å². The van der Waals surface area contributed by atoms with E-state index in [9.17, 15) is 19.8 Å². The van der Waals surface area contributed by atoms with Gasteiger partial charge in [0.2, 0.25) is 5.91 Å². The Balaban J connectivity index is 3.38. The molecule has 0 saturated carbocycles. The first-order valence-corrected chi connectivity index (χ1v) is 41.8. The number of amides is 1. The quantitative estimate of drug-likeness (QED) is 0.0320. The van der Waals surface area contributed by atoms with Crippen molar-refractivity contribution in [3.05, 3.63) is 36.5 Å². The van der Waals surface area contributed by atoms with Crippen LogP contribution in [0.5, 0.6) is 0 Å². The maximum absolute atomic E-state index is 12.6. The number of allylic oxidation sites excluding steroid dienone is 5. The molecule has 538 valence electrons. The van der Waals surface area contributed by atoms with E-state index in [0.717, 1.165) is 44.9 Å². The Morgan fingerprint density at radius 2 is 0.549 bits per heavy atom. The molecular formula is C85H163NO5. The van der Waals surface area contributed by atoms with Crippen LogP contribution in [0.1, 0.15) is 470 Å². The third kappa shape index (κ3) is 77.0. The molecule has 2 unspecified atom stereocenters. The summed E-state index contributed by atoms with van der Waals surface area (Å²) in [5, 5.41) is 23.3. The maximum atomic E-state index is 12.6. The monoisotopic (exact) mass is 1280 g/mol. The minimum atomic E-state index is -0.844. The molecule has 0 aromatic carbocycles. The van der Waals surface area contributed by atoms with Crippen LogP contribution in [0.4, 0.5) is 0 Å². The third-order valence-corrected chi connectivity index (χ3v) is 19.7. The molecule has 0 aliphatic heterocycles. The molecule has 0 saturated heterocycles. The molecule has 0 rings (SSSR count). The number of hydrogen-bond donors (Lipinski definition) is 3. The van der Waals surface area contributed by atoms with E-state index in [2.05, 4.69) is 43.5 Å². The van der Waals surface area contributed by atoms with Gasteiger partial charge in [0.25, 0.3) is 0 Å². The minimum Gasteiger partial charge on any atom is -0.466 e. The molecule has 0 aliphatic rings. The second-order valence-corrected chi connectivity index (χ2v) is 28.8. The summed E-state index contributed by atoms with van der Waals surface area (Å²) in [7, 11) is 0. The number of ether oxygens (including phenoxy) is 1. The predicted molar refractivity (Wildman–Crippen MR) is 403 cm³/mol. The van der Waals surface area contributed by atoms with Crippen LogP contribution in [0.25, 0.3) is 0 Å². The number of nitrogens with one attached hydrogen (secondary N) is 1. The number of hydrogen-bond acceptors (Lipinski definition) is 5. The average Bonchev–Trinajstić information content (AvgIpc) is 3.74. The van der Waals surface area contributed by atoms with Gasteiger partial charge in [-0.05, 0) is 64.2 Å². The van der Waals surface area contributed by atoms with Crippen molar-refractivity contribution < 1.29 is 24.5 Å². The highest BCUT2D eigenvalue weighted by Gasteiger charge is 2.18. The fourth-order valence-corrected chi connectivity index (χ4v) is 13.3. The van der Waals surface area contributed by atoms with E-state index in [1.165, 1.54) is 398 Å². The highest BCUT2D eigenvalue weighted by Crippen LogP contribution is 2.20. The molecule has 3 N–H and O–H groups in total. The molecular weight excluding hydrogens is 1110 g/mol. The molecule has 0 bridgehead atoms. The lowest BCUT2D eigenvalue weighted by molar-refractivity contribution is -0.143. The molecule has 0 fully saturated rings. The molecule has 1 amide bonds. The fourth-order valence-electron chi connectivity index (χ4n) is 13.3. The summed E-state index contributed by atoms with van der Waals surface area (Å²) in [6.45, 7) is 4.96. The molecule has 0 radical (unpaired) electrons. The number of aliphatic hydroxyl groups excluding tert-OH is 2. The van der Waals surface area contributed by atoms with Gasteiger partial charge in [-0.2, -0.15) is 0 Å². The number of esters is 1. The summed E-state index contributed by atoms with van der Waals surface area (Å²) < 4.78 is 5.49. The van der Waals surface area contributed by atoms with E-state index >= 15 is 0 Å². The standard InChI is InChI=1S/C85H163NO5/c1-3-5-7-9-11-13-15-17-18-19-20-21-39-42-45-48-51-54-57-61-65-69-73-77-83(88)82(81-87)86-84(89)78-74-70-66-62-58-55-52-49-46-43-40-37-35-33-31-29-27-25-23-22-24-26-28-30-32-34-36-38-41-44-47-50-53-56-60-64-68-72-76-80-91-85(90)79-75-71-67-63-59-16-14-12-10-8-6-4-2/h22-23,26,28,73,77,82-83,87-88H,3-21,24-25,27,29-72,74-76,78-81H2,1-2H3,(H,86,89)/b23-22-,28-26-,77-73+. The molecule has 0 aliphatic carbocycles. The second kappa shape index (κ2) is 80.5. The van der Waals surface area contributed by atoms with Crippen LogP contribution in [-0.2, 0) is 14.3 Å². The predicted octanol–water partition coefficient (Wildman–Crippen LogP) is 27.8. The molecule has 0 heterocycles. The summed E-state index contributed by atoms with van der Waals surface area (Å²) in [5.74, 6) is -0.0382. The van der Waals surface area contributed by atoms with E-state index in [4.69, 9.17) is 4.74 Å². The van der Waals surface area contributed by atoms with Crippen LogP contribution in [0, 0.1) is 0 Å². The maximum Gasteiger partial charge on any atom is 0.305 e. The summed E-state index contributed by atoms with van der Waals surface area (Å²) in [4.78, 5) is 24.6. The summed E-state index contributed by atoms with van der Waals surface area (Å²) in [5.41, 5.74) is 0. The van der Waals surface area contributed by atoms with Gasteiger partial charge in [-0.1, -0.05) is 429 Å². The van der Waals surface area contributed by atoms with Gasteiger partial charge in [-0.15, -0.1) is 0 Å². The normalized spacial score (nSPS) is 12.6. The van der Waals surface area contributed by atoms with Gasteiger partial charge in [-0.25, -0.2) is 0 Å². The Morgan fingerprint density at radius 1 is 0.308 bits per heavy atom. The smallest absolute Gasteiger partial charge is 0.305 e. The summed E-state index contributed by atoms with van der Waals surface area (Å²) >= 11 is 0. The van der Waals surface area contributed by atoms with Crippen molar-refractivity contribution in [2.45, 2.75) is 482 Å². The average molecular weight is 1280 g/mol. The minimum absolute atomic E-state index is 0.0216. The largest absolute Gasteiger partial charge is 0.466 e. The number of carbonyl (C=O) groups is 2. The van der Waals surface area contributed by atoms with Gasteiger partial charge in [0.05, 0.1) is 25.4 Å². The van der Waals surface area contributed by atoms with Crippen molar-refractivity contribution in [1.29, 1.82) is 0 Å². The highest BCUT2D eigenvalue weighted by atomic mass is 16.5. The zero-order valence-electron chi connectivity index (χ0n) is 61.9. The van der Waals surface area contributed by atoms with Gasteiger partial charge >= 0.3 is 5.97 Å². The Bertz CT molecular complexity index is 1470. The van der Waals surface area contributed by atoms with Gasteiger partial charge in [0, 0.05) is 12.8 Å². The Labute approximate surface area is 570 Å².